The van der Waals surface area contributed by atoms with Crippen LogP contribution in [0, 0.1) is 5.41 Å². The van der Waals surface area contributed by atoms with E-state index in [-0.39, 0.29) is 11.5 Å². The van der Waals surface area contributed by atoms with Crippen molar-refractivity contribution in [1.82, 2.24) is 4.90 Å². The summed E-state index contributed by atoms with van der Waals surface area (Å²) >= 11 is 0. The molecule has 0 spiro atoms. The van der Waals surface area contributed by atoms with Crippen LogP contribution in [0.4, 0.5) is 0 Å². The molecule has 5 nitrogen and oxygen atoms in total. The van der Waals surface area contributed by atoms with Crippen LogP contribution >= 0.6 is 0 Å². The van der Waals surface area contributed by atoms with Crippen molar-refractivity contribution in [2.45, 2.75) is 6.42 Å². The molecule has 0 bridgehead atoms. The fourth-order valence-electron chi connectivity index (χ4n) is 2.23. The van der Waals surface area contributed by atoms with E-state index >= 15 is 0 Å². The summed E-state index contributed by atoms with van der Waals surface area (Å²) < 4.78 is 27.8. The van der Waals surface area contributed by atoms with Gasteiger partial charge in [-0.3, -0.25) is 0 Å². The van der Waals surface area contributed by atoms with Crippen LogP contribution in [0.2, 0.25) is 0 Å². The minimum absolute atomic E-state index is 0.211. The van der Waals surface area contributed by atoms with Crippen LogP contribution in [-0.2, 0) is 19.4 Å². The largest absolute Gasteiger partial charge is 0.380 e. The second-order valence-electron chi connectivity index (χ2n) is 4.71. The van der Waals surface area contributed by atoms with Gasteiger partial charge in [-0.2, -0.15) is 0 Å². The predicted molar refractivity (Wildman–Crippen MR) is 59.0 cm³/mol. The van der Waals surface area contributed by atoms with Gasteiger partial charge in [-0.1, -0.05) is 0 Å². The summed E-state index contributed by atoms with van der Waals surface area (Å²) in [7, 11) is -2.84. The summed E-state index contributed by atoms with van der Waals surface area (Å²) in [6.07, 6.45) is 1.73. The van der Waals surface area contributed by atoms with E-state index in [1.165, 1.54) is 0 Å². The quantitative estimate of drug-likeness (QED) is 0.618. The second-order valence-corrected chi connectivity index (χ2v) is 7.01. The zero-order valence-electron chi connectivity index (χ0n) is 9.22. The van der Waals surface area contributed by atoms with Gasteiger partial charge >= 0.3 is 0 Å². The van der Waals surface area contributed by atoms with E-state index in [0.717, 1.165) is 12.7 Å². The summed E-state index contributed by atoms with van der Waals surface area (Å²) in [5.41, 5.74) is -0.402. The molecular formula is C10H17NO4S. The van der Waals surface area contributed by atoms with E-state index in [1.807, 2.05) is 0 Å². The van der Waals surface area contributed by atoms with E-state index in [9.17, 15) is 13.2 Å². The molecule has 0 radical (unpaired) electrons. The Morgan fingerprint density at radius 1 is 1.31 bits per heavy atom. The summed E-state index contributed by atoms with van der Waals surface area (Å²) in [5, 5.41) is 0. The highest BCUT2D eigenvalue weighted by Crippen LogP contribution is 2.27. The Morgan fingerprint density at radius 2 is 2.00 bits per heavy atom. The Hall–Kier alpha value is -0.460. The molecule has 0 amide bonds. The molecule has 2 aliphatic heterocycles. The molecule has 2 saturated heterocycles. The molecule has 2 fully saturated rings. The Labute approximate surface area is 95.7 Å². The summed E-state index contributed by atoms with van der Waals surface area (Å²) in [6.45, 7) is 2.81. The lowest BCUT2D eigenvalue weighted by molar-refractivity contribution is -0.117. The van der Waals surface area contributed by atoms with Crippen molar-refractivity contribution in [1.29, 1.82) is 0 Å². The lowest BCUT2D eigenvalue weighted by atomic mass is 9.88. The number of hydrogen-bond acceptors (Lipinski definition) is 5. The second kappa shape index (κ2) is 4.43. The molecule has 0 aliphatic carbocycles. The number of carbonyl (C=O) groups excluding carboxylic acids is 1. The Balaban J connectivity index is 1.93. The van der Waals surface area contributed by atoms with Crippen molar-refractivity contribution < 1.29 is 17.9 Å². The average molecular weight is 247 g/mol. The minimum Gasteiger partial charge on any atom is -0.380 e. The molecule has 0 aromatic heterocycles. The molecule has 2 rings (SSSR count). The van der Waals surface area contributed by atoms with Crippen molar-refractivity contribution in [2.75, 3.05) is 44.4 Å². The third-order valence-corrected chi connectivity index (χ3v) is 4.97. The van der Waals surface area contributed by atoms with Gasteiger partial charge in [0.1, 0.15) is 6.29 Å². The van der Waals surface area contributed by atoms with E-state index in [1.54, 1.807) is 0 Å². The van der Waals surface area contributed by atoms with Crippen molar-refractivity contribution in [3.63, 3.8) is 0 Å². The maximum absolute atomic E-state index is 11.3. The monoisotopic (exact) mass is 247 g/mol. The number of aldehydes is 1. The van der Waals surface area contributed by atoms with E-state index in [4.69, 9.17) is 4.74 Å². The first-order chi connectivity index (χ1) is 7.55. The third kappa shape index (κ3) is 2.61. The summed E-state index contributed by atoms with van der Waals surface area (Å²) in [5.74, 6) is 0.422. The zero-order chi connectivity index (χ0) is 11.6. The van der Waals surface area contributed by atoms with Crippen LogP contribution in [0.5, 0.6) is 0 Å². The Kier molecular flexibility index (Phi) is 3.32. The lowest BCUT2D eigenvalue weighted by Gasteiger charge is -2.32. The highest BCUT2D eigenvalue weighted by molar-refractivity contribution is 7.91. The molecule has 0 N–H and O–H groups in total. The van der Waals surface area contributed by atoms with Gasteiger partial charge in [-0.15, -0.1) is 0 Å². The number of ether oxygens (including phenoxy) is 1. The van der Waals surface area contributed by atoms with Gasteiger partial charge < -0.3 is 14.4 Å². The van der Waals surface area contributed by atoms with Gasteiger partial charge in [0.25, 0.3) is 0 Å². The smallest absolute Gasteiger partial charge is 0.152 e. The molecule has 92 valence electrons. The van der Waals surface area contributed by atoms with Crippen molar-refractivity contribution in [3.8, 4) is 0 Å². The van der Waals surface area contributed by atoms with Crippen LogP contribution in [0.3, 0.4) is 0 Å². The molecule has 16 heavy (non-hydrogen) atoms. The van der Waals surface area contributed by atoms with Crippen LogP contribution < -0.4 is 0 Å². The van der Waals surface area contributed by atoms with Crippen LogP contribution in [0.25, 0.3) is 0 Å². The zero-order valence-corrected chi connectivity index (χ0v) is 10.0. The van der Waals surface area contributed by atoms with E-state index < -0.39 is 15.3 Å². The van der Waals surface area contributed by atoms with Crippen LogP contribution in [0.15, 0.2) is 0 Å². The normalized spacial score (nSPS) is 35.0. The summed E-state index contributed by atoms with van der Waals surface area (Å²) in [6, 6.07) is 0. The predicted octanol–water partition coefficient (Wildman–Crippen LogP) is -0.678. The van der Waals surface area contributed by atoms with Gasteiger partial charge in [-0.25, -0.2) is 8.42 Å². The van der Waals surface area contributed by atoms with E-state index in [0.29, 0.717) is 32.8 Å². The van der Waals surface area contributed by atoms with Crippen molar-refractivity contribution >= 4 is 16.1 Å². The number of nitrogens with zero attached hydrogens (tertiary/aromatic N) is 1. The highest BCUT2D eigenvalue weighted by atomic mass is 32.2. The maximum Gasteiger partial charge on any atom is 0.152 e. The number of rotatable bonds is 3. The van der Waals surface area contributed by atoms with Crippen LogP contribution in [-0.4, -0.2) is 64.0 Å². The minimum atomic E-state index is -2.84. The van der Waals surface area contributed by atoms with Crippen LogP contribution in [0.1, 0.15) is 6.42 Å². The fraction of sp³-hybridized carbons (Fsp3) is 0.900. The number of sulfone groups is 1. The Morgan fingerprint density at radius 3 is 2.50 bits per heavy atom. The molecule has 2 aliphatic rings. The highest BCUT2D eigenvalue weighted by Gasteiger charge is 2.37. The van der Waals surface area contributed by atoms with Gasteiger partial charge in [0, 0.05) is 26.2 Å². The average Bonchev–Trinajstić information content (AvgIpc) is 2.71. The fourth-order valence-corrected chi connectivity index (χ4v) is 3.51. The molecule has 0 aromatic carbocycles. The standard InChI is InChI=1S/C10H17NO4S/c12-8-10(1-4-15-9-10)7-11-2-5-16(13,14)6-3-11/h8H,1-7,9H2. The maximum atomic E-state index is 11.3. The SMILES string of the molecule is O=CC1(CN2CCS(=O)(=O)CC2)CCOC1. The topological polar surface area (TPSA) is 63.7 Å². The lowest BCUT2D eigenvalue weighted by Crippen LogP contribution is -2.46. The molecule has 1 unspecified atom stereocenters. The first-order valence-corrected chi connectivity index (χ1v) is 7.34. The van der Waals surface area contributed by atoms with Gasteiger partial charge in [-0.05, 0) is 6.42 Å². The van der Waals surface area contributed by atoms with Crippen molar-refractivity contribution in [3.05, 3.63) is 0 Å². The molecule has 2 heterocycles. The number of carbonyl (C=O) groups is 1. The molecule has 0 saturated carbocycles. The van der Waals surface area contributed by atoms with Gasteiger partial charge in [0.2, 0.25) is 0 Å². The van der Waals surface area contributed by atoms with E-state index in [2.05, 4.69) is 4.90 Å². The first-order valence-electron chi connectivity index (χ1n) is 5.52. The molecule has 0 aromatic rings. The van der Waals surface area contributed by atoms with Gasteiger partial charge in [0.15, 0.2) is 9.84 Å². The molecular weight excluding hydrogens is 230 g/mol. The first kappa shape index (κ1) is 12.0. The number of hydrogen-bond donors (Lipinski definition) is 0. The van der Waals surface area contributed by atoms with Crippen molar-refractivity contribution in [2.24, 2.45) is 5.41 Å². The molecule has 6 heteroatoms. The molecule has 1 atom stereocenters. The van der Waals surface area contributed by atoms with Gasteiger partial charge in [0.05, 0.1) is 23.5 Å². The summed E-state index contributed by atoms with van der Waals surface area (Å²) in [4.78, 5) is 13.2. The third-order valence-electron chi connectivity index (χ3n) is 3.36. The Bertz CT molecular complexity index is 345.